The molecule has 1 aliphatic rings. The Hall–Kier alpha value is -2.85. The van der Waals surface area contributed by atoms with Gasteiger partial charge in [0.2, 0.25) is 0 Å². The minimum Gasteiger partial charge on any atom is -0.406 e. The number of nitrogens with zero attached hydrogens (tertiary/aromatic N) is 3. The predicted molar refractivity (Wildman–Crippen MR) is 111 cm³/mol. The van der Waals surface area contributed by atoms with Crippen LogP contribution in [0.15, 0.2) is 47.5 Å². The van der Waals surface area contributed by atoms with Gasteiger partial charge in [-0.05, 0) is 30.3 Å². The predicted octanol–water partition coefficient (Wildman–Crippen LogP) is 3.03. The van der Waals surface area contributed by atoms with E-state index < -0.39 is 66.0 Å². The second-order valence-corrected chi connectivity index (χ2v) is 8.85. The van der Waals surface area contributed by atoms with E-state index in [-0.39, 0.29) is 16.2 Å². The van der Waals surface area contributed by atoms with Crippen LogP contribution in [0.4, 0.5) is 26.3 Å². The van der Waals surface area contributed by atoms with Crippen molar-refractivity contribution < 1.29 is 51.1 Å². The normalized spacial score (nSPS) is 24.6. The summed E-state index contributed by atoms with van der Waals surface area (Å²) in [7, 11) is 0. The van der Waals surface area contributed by atoms with Gasteiger partial charge < -0.3 is 24.8 Å². The number of alkyl halides is 3. The van der Waals surface area contributed by atoms with Gasteiger partial charge in [0.15, 0.2) is 17.5 Å². The lowest BCUT2D eigenvalue weighted by molar-refractivity contribution is -0.274. The van der Waals surface area contributed by atoms with Crippen molar-refractivity contribution in [1.29, 1.82) is 0 Å². The molecular weight excluding hydrogens is 520 g/mol. The molecule has 1 saturated heterocycles. The lowest BCUT2D eigenvalue weighted by Gasteiger charge is -2.41. The number of rotatable bonds is 6. The zero-order valence-corrected chi connectivity index (χ0v) is 18.6. The van der Waals surface area contributed by atoms with Crippen molar-refractivity contribution in [2.45, 2.75) is 41.0 Å². The molecule has 1 aromatic heterocycles. The standard InChI is InChI=1S/C21H17F6N3O5S/c22-12-4-9(5-13(23)16(12)24)14-7-30(29-28-14)17-18(32)15(8-31)34-20(19(17)33)36-11-3-1-2-10(6-11)35-21(25,26)27/h1-7,15,17-20,31-33H,8H2/t15?,17?,18-,19?,20+/m0/s1. The van der Waals surface area contributed by atoms with Gasteiger partial charge in [0.05, 0.1) is 12.8 Å². The van der Waals surface area contributed by atoms with Crippen LogP contribution in [0.5, 0.6) is 5.75 Å². The molecule has 15 heteroatoms. The molecule has 2 aromatic carbocycles. The first-order valence-corrected chi connectivity index (χ1v) is 11.1. The average molecular weight is 537 g/mol. The summed E-state index contributed by atoms with van der Waals surface area (Å²) in [6, 6.07) is 4.95. The van der Waals surface area contributed by atoms with Crippen molar-refractivity contribution in [3.63, 3.8) is 0 Å². The number of aliphatic hydroxyl groups excluding tert-OH is 3. The molecule has 0 aliphatic carbocycles. The Bertz CT molecular complexity index is 1210. The fraction of sp³-hybridized carbons (Fsp3) is 0.333. The van der Waals surface area contributed by atoms with Crippen LogP contribution < -0.4 is 4.74 Å². The van der Waals surface area contributed by atoms with Gasteiger partial charge in [-0.3, -0.25) is 0 Å². The number of hydrogen-bond donors (Lipinski definition) is 3. The number of thioether (sulfide) groups is 1. The van der Waals surface area contributed by atoms with Crippen molar-refractivity contribution >= 4 is 11.8 Å². The monoisotopic (exact) mass is 537 g/mol. The van der Waals surface area contributed by atoms with E-state index in [1.807, 2.05) is 0 Å². The Morgan fingerprint density at radius 1 is 1.06 bits per heavy atom. The third-order valence-corrected chi connectivity index (χ3v) is 6.38. The second-order valence-electron chi connectivity index (χ2n) is 7.68. The molecule has 0 saturated carbocycles. The Balaban J connectivity index is 1.60. The first-order chi connectivity index (χ1) is 17.0. The molecule has 3 unspecified atom stereocenters. The summed E-state index contributed by atoms with van der Waals surface area (Å²) in [5.74, 6) is -5.09. The van der Waals surface area contributed by atoms with Crippen LogP contribution in [0.1, 0.15) is 6.04 Å². The quantitative estimate of drug-likeness (QED) is 0.325. The van der Waals surface area contributed by atoms with E-state index in [2.05, 4.69) is 15.0 Å². The van der Waals surface area contributed by atoms with E-state index in [9.17, 15) is 41.7 Å². The van der Waals surface area contributed by atoms with Gasteiger partial charge in [0, 0.05) is 10.5 Å². The van der Waals surface area contributed by atoms with E-state index in [0.29, 0.717) is 12.1 Å². The highest BCUT2D eigenvalue weighted by molar-refractivity contribution is 7.99. The summed E-state index contributed by atoms with van der Waals surface area (Å²) in [5.41, 5.74) is -1.48. The molecule has 0 bridgehead atoms. The molecule has 36 heavy (non-hydrogen) atoms. The molecule has 3 N–H and O–H groups in total. The molecule has 0 amide bonds. The molecule has 5 atom stereocenters. The van der Waals surface area contributed by atoms with Crippen LogP contribution in [0, 0.1) is 17.5 Å². The first-order valence-electron chi connectivity index (χ1n) is 10.2. The highest BCUT2D eigenvalue weighted by atomic mass is 32.2. The van der Waals surface area contributed by atoms with Gasteiger partial charge in [-0.2, -0.15) is 0 Å². The lowest BCUT2D eigenvalue weighted by atomic mass is 9.97. The van der Waals surface area contributed by atoms with Crippen molar-refractivity contribution in [1.82, 2.24) is 15.0 Å². The van der Waals surface area contributed by atoms with Gasteiger partial charge in [-0.1, -0.05) is 23.0 Å². The molecule has 0 spiro atoms. The SMILES string of the molecule is OCC1O[C@H](Sc2cccc(OC(F)(F)F)c2)C(O)C(n2cc(-c3cc(F)c(F)c(F)c3)nn2)[C@H]1O. The van der Waals surface area contributed by atoms with Crippen LogP contribution in [0.3, 0.4) is 0 Å². The molecule has 194 valence electrons. The fourth-order valence-electron chi connectivity index (χ4n) is 3.61. The summed E-state index contributed by atoms with van der Waals surface area (Å²) >= 11 is 0.797. The molecule has 1 fully saturated rings. The molecule has 0 radical (unpaired) electrons. The van der Waals surface area contributed by atoms with Crippen molar-refractivity contribution in [2.24, 2.45) is 0 Å². The van der Waals surface area contributed by atoms with Crippen molar-refractivity contribution in [3.8, 4) is 17.0 Å². The molecule has 2 heterocycles. The van der Waals surface area contributed by atoms with E-state index in [1.54, 1.807) is 0 Å². The molecule has 1 aliphatic heterocycles. The van der Waals surface area contributed by atoms with Crippen LogP contribution in [-0.4, -0.2) is 67.0 Å². The maximum Gasteiger partial charge on any atom is 0.573 e. The third-order valence-electron chi connectivity index (χ3n) is 5.24. The number of ether oxygens (including phenoxy) is 2. The highest BCUT2D eigenvalue weighted by Crippen LogP contribution is 2.39. The minimum atomic E-state index is -4.91. The maximum atomic E-state index is 13.6. The molecule has 8 nitrogen and oxygen atoms in total. The maximum absolute atomic E-state index is 13.6. The molecule has 3 aromatic rings. The summed E-state index contributed by atoms with van der Waals surface area (Å²) in [5, 5.41) is 38.8. The number of aromatic nitrogens is 3. The van der Waals surface area contributed by atoms with Gasteiger partial charge >= 0.3 is 6.36 Å². The number of halogens is 6. The summed E-state index contributed by atoms with van der Waals surface area (Å²) in [4.78, 5) is 0.212. The van der Waals surface area contributed by atoms with Crippen molar-refractivity contribution in [3.05, 3.63) is 60.0 Å². The molecule has 4 rings (SSSR count). The van der Waals surface area contributed by atoms with E-state index >= 15 is 0 Å². The summed E-state index contributed by atoms with van der Waals surface area (Å²) in [6.45, 7) is -0.686. The Labute approximate surface area is 203 Å². The Morgan fingerprint density at radius 2 is 1.75 bits per heavy atom. The lowest BCUT2D eigenvalue weighted by Crippen LogP contribution is -2.55. The van der Waals surface area contributed by atoms with Crippen LogP contribution in [0.2, 0.25) is 0 Å². The molecular formula is C21H17F6N3O5S. The van der Waals surface area contributed by atoms with Gasteiger partial charge in [0.25, 0.3) is 0 Å². The zero-order chi connectivity index (χ0) is 26.2. The van der Waals surface area contributed by atoms with Crippen molar-refractivity contribution in [2.75, 3.05) is 6.61 Å². The number of benzene rings is 2. The Morgan fingerprint density at radius 3 is 2.39 bits per heavy atom. The average Bonchev–Trinajstić information content (AvgIpc) is 3.28. The number of aliphatic hydroxyl groups is 3. The van der Waals surface area contributed by atoms with E-state index in [0.717, 1.165) is 34.8 Å². The largest absolute Gasteiger partial charge is 0.573 e. The second kappa shape index (κ2) is 10.3. The fourth-order valence-corrected chi connectivity index (χ4v) is 4.72. The van der Waals surface area contributed by atoms with Crippen LogP contribution >= 0.6 is 11.8 Å². The zero-order valence-electron chi connectivity index (χ0n) is 17.8. The van der Waals surface area contributed by atoms with Gasteiger partial charge in [0.1, 0.15) is 41.2 Å². The van der Waals surface area contributed by atoms with Gasteiger partial charge in [-0.15, -0.1) is 18.3 Å². The highest BCUT2D eigenvalue weighted by Gasteiger charge is 2.46. The number of hydrogen-bond acceptors (Lipinski definition) is 8. The summed E-state index contributed by atoms with van der Waals surface area (Å²) < 4.78 is 88.5. The smallest absolute Gasteiger partial charge is 0.406 e. The van der Waals surface area contributed by atoms with E-state index in [4.69, 9.17) is 4.74 Å². The topological polar surface area (TPSA) is 110 Å². The van der Waals surface area contributed by atoms with Crippen LogP contribution in [-0.2, 0) is 4.74 Å². The Kier molecular flexibility index (Phi) is 7.47. The third kappa shape index (κ3) is 5.59. The van der Waals surface area contributed by atoms with Crippen LogP contribution in [0.25, 0.3) is 11.3 Å². The van der Waals surface area contributed by atoms with Gasteiger partial charge in [-0.25, -0.2) is 17.9 Å². The minimum absolute atomic E-state index is 0.111. The summed E-state index contributed by atoms with van der Waals surface area (Å²) in [6.07, 6.45) is -8.08. The first kappa shape index (κ1) is 26.2. The van der Waals surface area contributed by atoms with E-state index in [1.165, 1.54) is 12.1 Å².